The fraction of sp³-hybridized carbons (Fsp3) is 0. The van der Waals surface area contributed by atoms with Crippen molar-refractivity contribution in [2.45, 2.75) is 0 Å². The number of halogens is 1. The molecule has 0 fully saturated rings. The Hall–Kier alpha value is -3.89. The van der Waals surface area contributed by atoms with E-state index in [4.69, 9.17) is 11.6 Å². The van der Waals surface area contributed by atoms with Gasteiger partial charge in [0.05, 0.1) is 26.7 Å². The largest absolute Gasteiger partial charge is 0.353 e. The van der Waals surface area contributed by atoms with Crippen molar-refractivity contribution in [2.24, 2.45) is 0 Å². The molecule has 0 bridgehead atoms. The van der Waals surface area contributed by atoms with E-state index in [1.54, 1.807) is 12.1 Å². The van der Waals surface area contributed by atoms with Crippen molar-refractivity contribution in [3.05, 3.63) is 112 Å². The van der Waals surface area contributed by atoms with Gasteiger partial charge in [0.25, 0.3) is 5.69 Å². The van der Waals surface area contributed by atoms with E-state index in [2.05, 4.69) is 29.2 Å². The minimum absolute atomic E-state index is 0.0166. The molecule has 0 unspecified atom stereocenters. The van der Waals surface area contributed by atoms with Gasteiger partial charge >= 0.3 is 0 Å². The molecule has 0 saturated heterocycles. The number of nitro benzene ring substituents is 1. The van der Waals surface area contributed by atoms with E-state index < -0.39 is 0 Å². The number of nitro groups is 1. The molecule has 0 aliphatic heterocycles. The predicted octanol–water partition coefficient (Wildman–Crippen LogP) is 7.73. The summed E-state index contributed by atoms with van der Waals surface area (Å²) in [4.78, 5) is 14.9. The molecule has 0 aliphatic rings. The maximum atomic E-state index is 11.7. The first-order valence-corrected chi connectivity index (χ1v) is 10.2. The molecule has 0 radical (unpaired) electrons. The summed E-state index contributed by atoms with van der Waals surface area (Å²) in [6, 6.07) is 30.8. The maximum Gasteiger partial charge on any atom is 0.278 e. The van der Waals surface area contributed by atoms with Gasteiger partial charge in [-0.25, -0.2) is 0 Å². The molecule has 4 nitrogen and oxygen atoms in total. The van der Waals surface area contributed by atoms with Crippen molar-refractivity contribution >= 4 is 28.2 Å². The van der Waals surface area contributed by atoms with Gasteiger partial charge in [-0.1, -0.05) is 96.5 Å². The lowest BCUT2D eigenvalue weighted by molar-refractivity contribution is -0.384. The molecule has 4 aromatic carbocycles. The highest BCUT2D eigenvalue weighted by molar-refractivity contribution is 6.34. The van der Waals surface area contributed by atoms with Crippen molar-refractivity contribution in [3.63, 3.8) is 0 Å². The Morgan fingerprint density at radius 2 is 1.35 bits per heavy atom. The molecule has 0 spiro atoms. The van der Waals surface area contributed by atoms with Gasteiger partial charge in [0.15, 0.2) is 0 Å². The molecule has 5 aromatic rings. The average molecular weight is 425 g/mol. The third-order valence-electron chi connectivity index (χ3n) is 5.42. The van der Waals surface area contributed by atoms with E-state index in [1.165, 1.54) is 6.07 Å². The van der Waals surface area contributed by atoms with Crippen LogP contribution in [0.3, 0.4) is 0 Å². The zero-order chi connectivity index (χ0) is 21.4. The van der Waals surface area contributed by atoms with E-state index >= 15 is 0 Å². The van der Waals surface area contributed by atoms with Crippen LogP contribution in [0.15, 0.2) is 97.1 Å². The summed E-state index contributed by atoms with van der Waals surface area (Å²) in [5, 5.41) is 13.1. The van der Waals surface area contributed by atoms with Gasteiger partial charge in [0.1, 0.15) is 0 Å². The molecule has 0 aliphatic carbocycles. The van der Waals surface area contributed by atoms with Crippen LogP contribution in [0.25, 0.3) is 44.4 Å². The molecule has 31 heavy (non-hydrogen) atoms. The van der Waals surface area contributed by atoms with Crippen molar-refractivity contribution < 1.29 is 4.92 Å². The van der Waals surface area contributed by atoms with Crippen molar-refractivity contribution in [1.29, 1.82) is 0 Å². The number of hydrogen-bond acceptors (Lipinski definition) is 2. The summed E-state index contributed by atoms with van der Waals surface area (Å²) in [6.45, 7) is 0. The lowest BCUT2D eigenvalue weighted by atomic mass is 9.96. The zero-order valence-electron chi connectivity index (χ0n) is 16.4. The number of aromatic amines is 1. The second-order valence-electron chi connectivity index (χ2n) is 7.23. The lowest BCUT2D eigenvalue weighted by Gasteiger charge is -2.08. The monoisotopic (exact) mass is 424 g/mol. The molecule has 1 heterocycles. The predicted molar refractivity (Wildman–Crippen MR) is 126 cm³/mol. The Morgan fingerprint density at radius 3 is 2.03 bits per heavy atom. The minimum Gasteiger partial charge on any atom is -0.353 e. The van der Waals surface area contributed by atoms with Gasteiger partial charge in [-0.05, 0) is 17.2 Å². The third-order valence-corrected chi connectivity index (χ3v) is 5.73. The second-order valence-corrected chi connectivity index (χ2v) is 7.63. The molecule has 0 atom stereocenters. The van der Waals surface area contributed by atoms with Crippen molar-refractivity contribution in [3.8, 4) is 33.5 Å². The summed E-state index contributed by atoms with van der Waals surface area (Å²) < 4.78 is 0. The van der Waals surface area contributed by atoms with Crippen LogP contribution in [0.1, 0.15) is 0 Å². The van der Waals surface area contributed by atoms with Crippen LogP contribution >= 0.6 is 11.6 Å². The number of benzene rings is 4. The molecule has 5 rings (SSSR count). The summed E-state index contributed by atoms with van der Waals surface area (Å²) in [5.74, 6) is 0. The molecular formula is C26H17ClN2O2. The second kappa shape index (κ2) is 7.74. The van der Waals surface area contributed by atoms with E-state index in [9.17, 15) is 10.1 Å². The fourth-order valence-electron chi connectivity index (χ4n) is 4.08. The molecular weight excluding hydrogens is 408 g/mol. The molecule has 1 aromatic heterocycles. The van der Waals surface area contributed by atoms with Gasteiger partial charge in [-0.15, -0.1) is 0 Å². The normalized spacial score (nSPS) is 11.0. The van der Waals surface area contributed by atoms with Crippen LogP contribution in [0.2, 0.25) is 5.02 Å². The van der Waals surface area contributed by atoms with Gasteiger partial charge in [-0.2, -0.15) is 0 Å². The first-order chi connectivity index (χ1) is 15.1. The van der Waals surface area contributed by atoms with Crippen LogP contribution < -0.4 is 0 Å². The summed E-state index contributed by atoms with van der Waals surface area (Å²) in [5.41, 5.74) is 6.04. The van der Waals surface area contributed by atoms with Gasteiger partial charge in [0.2, 0.25) is 0 Å². The minimum atomic E-state index is -0.390. The quantitative estimate of drug-likeness (QED) is 0.237. The van der Waals surface area contributed by atoms with Crippen molar-refractivity contribution in [1.82, 2.24) is 4.98 Å². The smallest absolute Gasteiger partial charge is 0.278 e. The standard InChI is InChI=1S/C26H17ClN2O2/c27-21-15-8-16-22(29(30)31)24(21)20-14-7-13-19-23(17-9-3-1-4-10-17)25(28-26(19)20)18-11-5-2-6-12-18/h1-16,28H. The van der Waals surface area contributed by atoms with Crippen LogP contribution in [-0.2, 0) is 0 Å². The highest BCUT2D eigenvalue weighted by Crippen LogP contribution is 2.44. The fourth-order valence-corrected chi connectivity index (χ4v) is 4.35. The summed E-state index contributed by atoms with van der Waals surface area (Å²) in [7, 11) is 0. The van der Waals surface area contributed by atoms with Crippen LogP contribution in [0.5, 0.6) is 0 Å². The molecule has 0 amide bonds. The first kappa shape index (κ1) is 19.1. The maximum absolute atomic E-state index is 11.7. The Kier molecular flexibility index (Phi) is 4.77. The number of hydrogen-bond donors (Lipinski definition) is 1. The van der Waals surface area contributed by atoms with E-state index in [0.29, 0.717) is 16.1 Å². The number of nitrogens with zero attached hydrogens (tertiary/aromatic N) is 1. The Balaban J connectivity index is 1.89. The number of H-pyrrole nitrogens is 1. The molecule has 5 heteroatoms. The van der Waals surface area contributed by atoms with E-state index in [1.807, 2.05) is 54.6 Å². The highest BCUT2D eigenvalue weighted by atomic mass is 35.5. The summed E-state index contributed by atoms with van der Waals surface area (Å²) >= 11 is 6.47. The topological polar surface area (TPSA) is 58.9 Å². The van der Waals surface area contributed by atoms with Crippen LogP contribution in [0, 0.1) is 10.1 Å². The zero-order valence-corrected chi connectivity index (χ0v) is 17.1. The Morgan fingerprint density at radius 1 is 0.710 bits per heavy atom. The van der Waals surface area contributed by atoms with E-state index in [-0.39, 0.29) is 10.6 Å². The van der Waals surface area contributed by atoms with E-state index in [0.717, 1.165) is 33.3 Å². The van der Waals surface area contributed by atoms with Crippen LogP contribution in [-0.4, -0.2) is 9.91 Å². The number of para-hydroxylation sites is 1. The molecule has 0 saturated carbocycles. The van der Waals surface area contributed by atoms with Gasteiger partial charge < -0.3 is 4.98 Å². The first-order valence-electron chi connectivity index (χ1n) is 9.84. The van der Waals surface area contributed by atoms with Crippen LogP contribution in [0.4, 0.5) is 5.69 Å². The third kappa shape index (κ3) is 3.27. The Bertz CT molecular complexity index is 1410. The number of fused-ring (bicyclic) bond motifs is 1. The number of nitrogens with one attached hydrogen (secondary N) is 1. The number of rotatable bonds is 4. The van der Waals surface area contributed by atoms with Gasteiger partial charge in [0, 0.05) is 22.6 Å². The summed E-state index contributed by atoms with van der Waals surface area (Å²) in [6.07, 6.45) is 0. The average Bonchev–Trinajstić information content (AvgIpc) is 3.20. The lowest BCUT2D eigenvalue weighted by Crippen LogP contribution is -1.93. The SMILES string of the molecule is O=[N+]([O-])c1cccc(Cl)c1-c1cccc2c(-c3ccccc3)c(-c3ccccc3)[nH]c12. The Labute approximate surface area is 183 Å². The van der Waals surface area contributed by atoms with Crippen molar-refractivity contribution in [2.75, 3.05) is 0 Å². The highest BCUT2D eigenvalue weighted by Gasteiger charge is 2.23. The number of aromatic nitrogens is 1. The molecule has 150 valence electrons. The molecule has 1 N–H and O–H groups in total. The van der Waals surface area contributed by atoms with Gasteiger partial charge in [-0.3, -0.25) is 10.1 Å².